The lowest BCUT2D eigenvalue weighted by atomic mass is 9.36. The minimum absolute atomic E-state index is 0.00116. The lowest BCUT2D eigenvalue weighted by molar-refractivity contribution is 0.590. The quantitative estimate of drug-likeness (QED) is 0.125. The molecule has 0 unspecified atom stereocenters. The second-order valence-electron chi connectivity index (χ2n) is 24.0. The highest BCUT2D eigenvalue weighted by Gasteiger charge is 2.45. The highest BCUT2D eigenvalue weighted by Crippen LogP contribution is 2.51. The number of benzene rings is 10. The van der Waals surface area contributed by atoms with E-state index in [1.165, 1.54) is 137 Å². The highest BCUT2D eigenvalue weighted by molar-refractivity contribution is 7.33. The van der Waals surface area contributed by atoms with E-state index < -0.39 is 0 Å². The van der Waals surface area contributed by atoms with Crippen molar-refractivity contribution in [3.8, 4) is 22.3 Å². The van der Waals surface area contributed by atoms with Crippen LogP contribution in [-0.2, 0) is 22.7 Å². The molecule has 3 heterocycles. The molecule has 0 fully saturated rings. The molecule has 0 saturated carbocycles. The average Bonchev–Trinajstić information content (AvgIpc) is 3.78. The van der Waals surface area contributed by atoms with Crippen LogP contribution in [0.4, 0.5) is 34.1 Å². The number of hydrogen-bond donors (Lipinski definition) is 0. The molecule has 0 radical (unpaired) electrons. The summed E-state index contributed by atoms with van der Waals surface area (Å²) in [5.74, 6) is 0. The Bertz CT molecular complexity index is 4050. The van der Waals surface area contributed by atoms with Gasteiger partial charge in [0.15, 0.2) is 0 Å². The van der Waals surface area contributed by atoms with Crippen LogP contribution in [0.1, 0.15) is 91.5 Å². The molecule has 0 bridgehead atoms. The van der Waals surface area contributed by atoms with Gasteiger partial charge in [0.05, 0.1) is 11.4 Å². The highest BCUT2D eigenvalue weighted by atomic mass is 32.1. The summed E-state index contributed by atoms with van der Waals surface area (Å²) in [6.45, 7) is 23.2. The molecule has 0 atom stereocenters. The van der Waals surface area contributed by atoms with Crippen LogP contribution in [0.15, 0.2) is 188 Å². The maximum Gasteiger partial charge on any atom is 0.264 e. The van der Waals surface area contributed by atoms with E-state index in [1.807, 2.05) is 11.3 Å². The third kappa shape index (κ3) is 7.35. The van der Waals surface area contributed by atoms with Gasteiger partial charge in [0.25, 0.3) is 6.71 Å². The second-order valence-corrected chi connectivity index (χ2v) is 25.1. The predicted octanol–water partition coefficient (Wildman–Crippen LogP) is 18.2. The summed E-state index contributed by atoms with van der Waals surface area (Å²) in [5.41, 5.74) is 20.2. The molecule has 1 aromatic heterocycles. The Hall–Kier alpha value is -7.40. The van der Waals surface area contributed by atoms with Crippen molar-refractivity contribution >= 4 is 110 Å². The summed E-state index contributed by atoms with van der Waals surface area (Å²) in [4.78, 5) is 5.24. The van der Waals surface area contributed by atoms with E-state index >= 15 is 0 Å². The maximum atomic E-state index is 2.64. The molecule has 2 aliphatic rings. The van der Waals surface area contributed by atoms with Crippen LogP contribution in [0, 0.1) is 0 Å². The van der Waals surface area contributed by atoms with Gasteiger partial charge >= 0.3 is 0 Å². The van der Waals surface area contributed by atoms with Crippen molar-refractivity contribution in [3.05, 3.63) is 210 Å². The van der Waals surface area contributed by atoms with E-state index in [4.69, 9.17) is 0 Å². The molecule has 0 spiro atoms. The molecule has 0 N–H and O–H groups in total. The summed E-state index contributed by atoms with van der Waals surface area (Å²) >= 11 is 1.98. The van der Waals surface area contributed by atoms with Crippen LogP contribution in [0.5, 0.6) is 0 Å². The first kappa shape index (κ1) is 46.4. The standard InChI is InChI=1S/C70H63BN2S/c1-11-43-26-32-50(33-27-43)72-61-24-17-25-62-65(61)71(67-66(72)58-42-49(70(8,9)10)31-37-64(58)74-67)59-35-29-45(44-18-16-19-47(38-44)68(2,3)4)40-63(59)73(62)60-36-30-48(69(5,6)7)41-56(60)46-28-34-55-53-22-13-12-20-51(53)52-21-14-15-23-54(52)57(55)39-46/h12-42H,11H2,1-10H3. The summed E-state index contributed by atoms with van der Waals surface area (Å²) in [5, 5.41) is 9.03. The minimum atomic E-state index is -0.0761. The predicted molar refractivity (Wildman–Crippen MR) is 325 cm³/mol. The number of aryl methyl sites for hydroxylation is 1. The Morgan fingerprint density at radius 2 is 0.973 bits per heavy atom. The summed E-state index contributed by atoms with van der Waals surface area (Å²) in [6, 6.07) is 72.7. The topological polar surface area (TPSA) is 6.48 Å². The smallest absolute Gasteiger partial charge is 0.264 e. The molecule has 0 aliphatic carbocycles. The van der Waals surface area contributed by atoms with Crippen molar-refractivity contribution in [3.63, 3.8) is 0 Å². The van der Waals surface area contributed by atoms with Crippen LogP contribution < -0.4 is 25.5 Å². The molecular weight excluding hydrogens is 912 g/mol. The van der Waals surface area contributed by atoms with E-state index in [9.17, 15) is 0 Å². The van der Waals surface area contributed by atoms with E-state index in [0.717, 1.165) is 6.42 Å². The Balaban J connectivity index is 1.12. The number of rotatable bonds is 5. The third-order valence-corrected chi connectivity index (χ3v) is 17.5. The lowest BCUT2D eigenvalue weighted by Gasteiger charge is -2.43. The fourth-order valence-corrected chi connectivity index (χ4v) is 13.4. The molecule has 362 valence electrons. The molecule has 74 heavy (non-hydrogen) atoms. The Kier molecular flexibility index (Phi) is 10.5. The zero-order chi connectivity index (χ0) is 51.0. The van der Waals surface area contributed by atoms with Gasteiger partial charge in [0, 0.05) is 43.2 Å². The van der Waals surface area contributed by atoms with Crippen molar-refractivity contribution in [2.75, 3.05) is 9.80 Å². The van der Waals surface area contributed by atoms with Crippen molar-refractivity contribution < 1.29 is 0 Å². The first-order valence-electron chi connectivity index (χ1n) is 26.7. The average molecular weight is 975 g/mol. The SMILES string of the molecule is CCc1ccc(N2c3cccc4c3B(c3ccc(-c5cccc(C(C)(C)C)c5)cc3N4c3ccc(C(C)(C)C)cc3-c3ccc4c5ccccc5c5ccccc5c4c3)c3sc4ccc(C(C)(C)C)cc4c32)cc1. The molecule has 2 nitrogen and oxygen atoms in total. The fraction of sp³-hybridized carbons (Fsp3) is 0.200. The van der Waals surface area contributed by atoms with E-state index in [0.29, 0.717) is 0 Å². The second kappa shape index (κ2) is 16.8. The van der Waals surface area contributed by atoms with Gasteiger partial charge in [0.2, 0.25) is 0 Å². The number of hydrogen-bond acceptors (Lipinski definition) is 3. The largest absolute Gasteiger partial charge is 0.311 e. The van der Waals surface area contributed by atoms with Crippen LogP contribution >= 0.6 is 11.3 Å². The fourth-order valence-electron chi connectivity index (χ4n) is 12.1. The first-order chi connectivity index (χ1) is 35.5. The van der Waals surface area contributed by atoms with Crippen molar-refractivity contribution in [2.45, 2.75) is 91.9 Å². The van der Waals surface area contributed by atoms with Crippen molar-refractivity contribution in [1.82, 2.24) is 0 Å². The van der Waals surface area contributed by atoms with Gasteiger partial charge in [0.1, 0.15) is 0 Å². The van der Waals surface area contributed by atoms with Crippen LogP contribution in [0.2, 0.25) is 0 Å². The Morgan fingerprint density at radius 1 is 0.405 bits per heavy atom. The van der Waals surface area contributed by atoms with E-state index in [2.05, 4.69) is 267 Å². The number of fused-ring (bicyclic) bond motifs is 12. The normalized spacial score (nSPS) is 13.5. The summed E-state index contributed by atoms with van der Waals surface area (Å²) in [7, 11) is 0. The van der Waals surface area contributed by atoms with Crippen molar-refractivity contribution in [1.29, 1.82) is 0 Å². The van der Waals surface area contributed by atoms with Gasteiger partial charge < -0.3 is 9.80 Å². The summed E-state index contributed by atoms with van der Waals surface area (Å²) in [6.07, 6.45) is 0.999. The molecule has 2 aliphatic heterocycles. The molecule has 10 aromatic carbocycles. The van der Waals surface area contributed by atoms with Gasteiger partial charge in [-0.05, 0) is 166 Å². The number of thiophene rings is 1. The van der Waals surface area contributed by atoms with Gasteiger partial charge in [-0.1, -0.05) is 197 Å². The van der Waals surface area contributed by atoms with Gasteiger partial charge in [-0.25, -0.2) is 0 Å². The zero-order valence-electron chi connectivity index (χ0n) is 44.5. The first-order valence-corrected chi connectivity index (χ1v) is 27.5. The lowest BCUT2D eigenvalue weighted by Crippen LogP contribution is -2.60. The Labute approximate surface area is 442 Å². The van der Waals surface area contributed by atoms with Gasteiger partial charge in [-0.2, -0.15) is 0 Å². The molecule has 11 aromatic rings. The molecule has 4 heteroatoms. The van der Waals surface area contributed by atoms with Gasteiger partial charge in [-0.3, -0.25) is 0 Å². The molecule has 13 rings (SSSR count). The minimum Gasteiger partial charge on any atom is -0.311 e. The molecular formula is C70H63BN2S. The third-order valence-electron chi connectivity index (χ3n) is 16.3. The zero-order valence-corrected chi connectivity index (χ0v) is 45.3. The summed E-state index contributed by atoms with van der Waals surface area (Å²) < 4.78 is 2.72. The van der Waals surface area contributed by atoms with Crippen LogP contribution in [0.3, 0.4) is 0 Å². The maximum absolute atomic E-state index is 2.64. The number of nitrogens with zero attached hydrogens (tertiary/aromatic N) is 2. The molecule has 0 saturated heterocycles. The van der Waals surface area contributed by atoms with Crippen molar-refractivity contribution in [2.24, 2.45) is 0 Å². The Morgan fingerprint density at radius 3 is 1.64 bits per heavy atom. The number of anilines is 6. The van der Waals surface area contributed by atoms with Gasteiger partial charge in [-0.15, -0.1) is 11.3 Å². The van der Waals surface area contributed by atoms with Crippen LogP contribution in [0.25, 0.3) is 64.7 Å². The molecule has 0 amide bonds. The monoisotopic (exact) mass is 974 g/mol. The van der Waals surface area contributed by atoms with E-state index in [-0.39, 0.29) is 23.0 Å². The van der Waals surface area contributed by atoms with E-state index in [1.54, 1.807) is 0 Å². The van der Waals surface area contributed by atoms with Crippen LogP contribution in [-0.4, -0.2) is 6.71 Å².